The minimum Gasteiger partial charge on any atom is -0.305 e. The fourth-order valence-electron chi connectivity index (χ4n) is 3.11. The Kier molecular flexibility index (Phi) is 3.11. The molecule has 2 amide bonds. The topological polar surface area (TPSA) is 49.4 Å². The number of hydrogen-bond acceptors (Lipinski definition) is 3. The number of carbonyl (C=O) groups is 2. The summed E-state index contributed by atoms with van der Waals surface area (Å²) in [5, 5.41) is 3.19. The van der Waals surface area contributed by atoms with Crippen LogP contribution in [0.2, 0.25) is 0 Å². The number of benzene rings is 1. The monoisotopic (exact) mass is 258 g/mol. The highest BCUT2D eigenvalue weighted by Crippen LogP contribution is 2.33. The van der Waals surface area contributed by atoms with Crippen LogP contribution < -0.4 is 5.32 Å². The maximum Gasteiger partial charge on any atom is 0.247 e. The first-order valence-electron chi connectivity index (χ1n) is 6.85. The highest BCUT2D eigenvalue weighted by Gasteiger charge is 2.49. The summed E-state index contributed by atoms with van der Waals surface area (Å²) in [6.45, 7) is 2.75. The number of rotatable bonds is 2. The van der Waals surface area contributed by atoms with E-state index >= 15 is 0 Å². The summed E-state index contributed by atoms with van der Waals surface area (Å²) < 4.78 is 0. The Balaban J connectivity index is 1.88. The minimum absolute atomic E-state index is 0.0152. The van der Waals surface area contributed by atoms with Crippen molar-refractivity contribution in [3.63, 3.8) is 0 Å². The molecule has 100 valence electrons. The molecule has 2 aliphatic rings. The predicted octanol–water partition coefficient (Wildman–Crippen LogP) is 1.48. The molecule has 0 bridgehead atoms. The number of likely N-dealkylation sites (tertiary alicyclic amines) is 1. The molecule has 4 heteroatoms. The van der Waals surface area contributed by atoms with Crippen molar-refractivity contribution in [3.05, 3.63) is 35.9 Å². The van der Waals surface area contributed by atoms with Crippen molar-refractivity contribution < 1.29 is 9.59 Å². The molecule has 2 aliphatic heterocycles. The fourth-order valence-corrected chi connectivity index (χ4v) is 3.11. The third-order valence-corrected chi connectivity index (χ3v) is 4.19. The molecule has 4 nitrogen and oxygen atoms in total. The number of amides is 2. The van der Waals surface area contributed by atoms with Gasteiger partial charge in [0.15, 0.2) is 0 Å². The molecule has 3 atom stereocenters. The first-order chi connectivity index (χ1) is 9.20. The third kappa shape index (κ3) is 1.96. The second-order valence-electron chi connectivity index (χ2n) is 5.31. The molecule has 19 heavy (non-hydrogen) atoms. The molecule has 0 spiro atoms. The molecular formula is C15H18N2O2. The van der Waals surface area contributed by atoms with Gasteiger partial charge in [0, 0.05) is 0 Å². The van der Waals surface area contributed by atoms with Gasteiger partial charge in [0.2, 0.25) is 11.8 Å². The molecule has 1 aromatic rings. The highest BCUT2D eigenvalue weighted by molar-refractivity contribution is 6.07. The van der Waals surface area contributed by atoms with E-state index in [4.69, 9.17) is 0 Å². The first-order valence-corrected chi connectivity index (χ1v) is 6.85. The van der Waals surface area contributed by atoms with E-state index < -0.39 is 0 Å². The van der Waals surface area contributed by atoms with Crippen molar-refractivity contribution in [2.45, 2.75) is 31.8 Å². The summed E-state index contributed by atoms with van der Waals surface area (Å²) >= 11 is 0. The summed E-state index contributed by atoms with van der Waals surface area (Å²) in [7, 11) is 0. The molecule has 0 aromatic heterocycles. The molecule has 3 rings (SSSR count). The lowest BCUT2D eigenvalue weighted by molar-refractivity contribution is -0.142. The van der Waals surface area contributed by atoms with Crippen LogP contribution in [0.25, 0.3) is 0 Å². The van der Waals surface area contributed by atoms with Gasteiger partial charge in [-0.3, -0.25) is 14.5 Å². The van der Waals surface area contributed by atoms with Crippen molar-refractivity contribution >= 4 is 11.8 Å². The molecule has 0 unspecified atom stereocenters. The minimum atomic E-state index is -0.299. The largest absolute Gasteiger partial charge is 0.305 e. The molecule has 2 fully saturated rings. The summed E-state index contributed by atoms with van der Waals surface area (Å²) in [4.78, 5) is 26.3. The van der Waals surface area contributed by atoms with Crippen LogP contribution in [0.1, 0.15) is 31.4 Å². The maximum atomic E-state index is 12.4. The number of hydrogen-bond donors (Lipinski definition) is 1. The van der Waals surface area contributed by atoms with E-state index in [0.717, 1.165) is 24.9 Å². The molecule has 1 N–H and O–H groups in total. The highest BCUT2D eigenvalue weighted by atomic mass is 16.2. The fraction of sp³-hybridized carbons (Fsp3) is 0.467. The molecule has 0 saturated carbocycles. The van der Waals surface area contributed by atoms with Crippen LogP contribution in [0.3, 0.4) is 0 Å². The van der Waals surface area contributed by atoms with E-state index in [1.54, 1.807) is 0 Å². The van der Waals surface area contributed by atoms with Gasteiger partial charge in [-0.25, -0.2) is 0 Å². The van der Waals surface area contributed by atoms with Gasteiger partial charge < -0.3 is 5.32 Å². The normalized spacial score (nSPS) is 28.4. The van der Waals surface area contributed by atoms with Gasteiger partial charge in [-0.1, -0.05) is 30.3 Å². The van der Waals surface area contributed by atoms with E-state index in [9.17, 15) is 9.59 Å². The number of imide groups is 1. The van der Waals surface area contributed by atoms with Crippen molar-refractivity contribution in [3.8, 4) is 0 Å². The second kappa shape index (κ2) is 4.78. The van der Waals surface area contributed by atoms with Crippen LogP contribution in [0.5, 0.6) is 0 Å². The molecule has 0 aliphatic carbocycles. The van der Waals surface area contributed by atoms with Crippen LogP contribution in [-0.2, 0) is 9.59 Å². The molecule has 1 aromatic carbocycles. The van der Waals surface area contributed by atoms with Gasteiger partial charge in [-0.15, -0.1) is 0 Å². The molecule has 0 radical (unpaired) electrons. The molecule has 2 saturated heterocycles. The Labute approximate surface area is 112 Å². The first kappa shape index (κ1) is 12.4. The average Bonchev–Trinajstić information content (AvgIpc) is 2.72. The van der Waals surface area contributed by atoms with E-state index in [-0.39, 0.29) is 29.8 Å². The lowest BCUT2D eigenvalue weighted by Gasteiger charge is -2.23. The Hall–Kier alpha value is -1.68. The Morgan fingerprint density at radius 2 is 1.95 bits per heavy atom. The second-order valence-corrected chi connectivity index (χ2v) is 5.31. The SMILES string of the molecule is C[C@@H](c1ccccc1)N1C(=O)[C@H]2NCCC[C@H]2C1=O. The van der Waals surface area contributed by atoms with E-state index in [1.807, 2.05) is 37.3 Å². The zero-order chi connectivity index (χ0) is 13.4. The van der Waals surface area contributed by atoms with Crippen LogP contribution in [0.15, 0.2) is 30.3 Å². The van der Waals surface area contributed by atoms with Gasteiger partial charge >= 0.3 is 0 Å². The summed E-state index contributed by atoms with van der Waals surface area (Å²) in [6.07, 6.45) is 1.79. The third-order valence-electron chi connectivity index (χ3n) is 4.19. The number of piperidine rings is 1. The van der Waals surface area contributed by atoms with Crippen LogP contribution in [0.4, 0.5) is 0 Å². The quantitative estimate of drug-likeness (QED) is 0.818. The van der Waals surface area contributed by atoms with Crippen LogP contribution in [0, 0.1) is 5.92 Å². The smallest absolute Gasteiger partial charge is 0.247 e. The average molecular weight is 258 g/mol. The maximum absolute atomic E-state index is 12.4. The number of carbonyl (C=O) groups excluding carboxylic acids is 2. The van der Waals surface area contributed by atoms with Gasteiger partial charge in [-0.2, -0.15) is 0 Å². The van der Waals surface area contributed by atoms with E-state index in [2.05, 4.69) is 5.32 Å². The van der Waals surface area contributed by atoms with Crippen molar-refractivity contribution in [2.24, 2.45) is 5.92 Å². The van der Waals surface area contributed by atoms with Gasteiger partial charge in [0.05, 0.1) is 18.0 Å². The molecular weight excluding hydrogens is 240 g/mol. The summed E-state index contributed by atoms with van der Waals surface area (Å²) in [5.41, 5.74) is 1.00. The Bertz CT molecular complexity index is 476. The van der Waals surface area contributed by atoms with E-state index in [0.29, 0.717) is 0 Å². The Morgan fingerprint density at radius 1 is 1.21 bits per heavy atom. The van der Waals surface area contributed by atoms with Crippen molar-refractivity contribution in [2.75, 3.05) is 6.54 Å². The number of nitrogens with one attached hydrogen (secondary N) is 1. The lowest BCUT2D eigenvalue weighted by Crippen LogP contribution is -2.44. The van der Waals surface area contributed by atoms with Gasteiger partial charge in [-0.05, 0) is 31.9 Å². The summed E-state index contributed by atoms with van der Waals surface area (Å²) in [5.74, 6) is -0.239. The number of nitrogens with zero attached hydrogens (tertiary/aromatic N) is 1. The Morgan fingerprint density at radius 3 is 2.63 bits per heavy atom. The van der Waals surface area contributed by atoms with Crippen LogP contribution >= 0.6 is 0 Å². The zero-order valence-electron chi connectivity index (χ0n) is 11.0. The standard InChI is InChI=1S/C15H18N2O2/c1-10(11-6-3-2-4-7-11)17-14(18)12-8-5-9-16-13(12)15(17)19/h2-4,6-7,10,12-13,16H,5,8-9H2,1H3/t10-,12+,13-/m0/s1. The van der Waals surface area contributed by atoms with Gasteiger partial charge in [0.1, 0.15) is 0 Å². The van der Waals surface area contributed by atoms with Crippen molar-refractivity contribution in [1.82, 2.24) is 10.2 Å². The lowest BCUT2D eigenvalue weighted by atomic mass is 9.93. The number of fused-ring (bicyclic) bond motifs is 1. The van der Waals surface area contributed by atoms with Crippen molar-refractivity contribution in [1.29, 1.82) is 0 Å². The van der Waals surface area contributed by atoms with Crippen LogP contribution in [-0.4, -0.2) is 29.3 Å². The summed E-state index contributed by atoms with van der Waals surface area (Å²) in [6, 6.07) is 9.23. The predicted molar refractivity (Wildman–Crippen MR) is 71.2 cm³/mol. The van der Waals surface area contributed by atoms with E-state index in [1.165, 1.54) is 4.90 Å². The van der Waals surface area contributed by atoms with Gasteiger partial charge in [0.25, 0.3) is 0 Å². The zero-order valence-corrected chi connectivity index (χ0v) is 11.0. The molecule has 2 heterocycles.